The molecule has 0 radical (unpaired) electrons. The molecule has 0 saturated heterocycles. The van der Waals surface area contributed by atoms with Gasteiger partial charge in [-0.1, -0.05) is 62.9 Å². The maximum absolute atomic E-state index is 12.4. The Morgan fingerprint density at radius 3 is 2.57 bits per heavy atom. The van der Waals surface area contributed by atoms with Crippen LogP contribution in [0.3, 0.4) is 0 Å². The molecule has 6 heteroatoms. The Morgan fingerprint density at radius 2 is 1.83 bits per heavy atom. The second kappa shape index (κ2) is 7.48. The lowest BCUT2D eigenvalue weighted by Crippen LogP contribution is -2.25. The van der Waals surface area contributed by atoms with E-state index in [-0.39, 0.29) is 5.91 Å². The summed E-state index contributed by atoms with van der Waals surface area (Å²) in [5, 5.41) is 7.03. The molecule has 1 amide bonds. The summed E-state index contributed by atoms with van der Waals surface area (Å²) in [5.41, 5.74) is 2.71. The molecule has 23 heavy (non-hydrogen) atoms. The zero-order valence-electron chi connectivity index (χ0n) is 12.2. The highest BCUT2D eigenvalue weighted by atomic mass is 79.9. The zero-order valence-corrected chi connectivity index (χ0v) is 14.6. The van der Waals surface area contributed by atoms with Crippen molar-refractivity contribution in [1.29, 1.82) is 0 Å². The highest BCUT2D eigenvalue weighted by Crippen LogP contribution is 2.25. The fourth-order valence-electron chi connectivity index (χ4n) is 2.18. The zero-order chi connectivity index (χ0) is 16.1. The van der Waals surface area contributed by atoms with E-state index in [1.165, 1.54) is 5.56 Å². The minimum atomic E-state index is -0.131. The molecule has 0 unspecified atom stereocenters. The number of hydrogen-bond acceptors (Lipinski definition) is 4. The van der Waals surface area contributed by atoms with E-state index in [4.69, 9.17) is 0 Å². The van der Waals surface area contributed by atoms with Crippen molar-refractivity contribution in [2.24, 2.45) is 0 Å². The van der Waals surface area contributed by atoms with E-state index >= 15 is 0 Å². The van der Waals surface area contributed by atoms with E-state index < -0.39 is 0 Å². The van der Waals surface area contributed by atoms with E-state index in [1.807, 2.05) is 54.6 Å². The number of benzene rings is 2. The van der Waals surface area contributed by atoms with Crippen LogP contribution < -0.4 is 5.32 Å². The first-order valence-electron chi connectivity index (χ1n) is 7.14. The van der Waals surface area contributed by atoms with Crippen molar-refractivity contribution in [2.45, 2.75) is 6.42 Å². The molecule has 1 aromatic heterocycles. The van der Waals surface area contributed by atoms with Gasteiger partial charge in [-0.25, -0.2) is 0 Å². The largest absolute Gasteiger partial charge is 0.351 e. The lowest BCUT2D eigenvalue weighted by molar-refractivity contribution is 0.0958. The molecule has 0 aliphatic carbocycles. The van der Waals surface area contributed by atoms with Gasteiger partial charge >= 0.3 is 0 Å². The highest BCUT2D eigenvalue weighted by molar-refractivity contribution is 9.10. The van der Waals surface area contributed by atoms with Gasteiger partial charge in [-0.3, -0.25) is 4.79 Å². The Labute approximate surface area is 146 Å². The van der Waals surface area contributed by atoms with E-state index in [9.17, 15) is 4.79 Å². The summed E-state index contributed by atoms with van der Waals surface area (Å²) >= 11 is 4.52. The Bertz CT molecular complexity index is 787. The maximum Gasteiger partial charge on any atom is 0.265 e. The van der Waals surface area contributed by atoms with Crippen LogP contribution in [0.2, 0.25) is 0 Å². The molecular weight excluding hydrogens is 374 g/mol. The number of rotatable bonds is 5. The predicted octanol–water partition coefficient (Wildman–Crippen LogP) is 3.94. The predicted molar refractivity (Wildman–Crippen MR) is 95.5 cm³/mol. The van der Waals surface area contributed by atoms with E-state index in [0.717, 1.165) is 28.0 Å². The van der Waals surface area contributed by atoms with Crippen LogP contribution in [0, 0.1) is 0 Å². The monoisotopic (exact) mass is 387 g/mol. The summed E-state index contributed by atoms with van der Waals surface area (Å²) in [4.78, 5) is 12.9. The van der Waals surface area contributed by atoms with E-state index in [1.54, 1.807) is 0 Å². The number of nitrogens with one attached hydrogen (secondary N) is 1. The number of nitrogens with zero attached hydrogens (tertiary/aromatic N) is 2. The molecule has 3 rings (SSSR count). The first kappa shape index (κ1) is 15.8. The van der Waals surface area contributed by atoms with Gasteiger partial charge in [0.05, 0.1) is 0 Å². The van der Waals surface area contributed by atoms with Gasteiger partial charge in [0.1, 0.15) is 10.6 Å². The van der Waals surface area contributed by atoms with Crippen molar-refractivity contribution in [3.05, 3.63) is 69.5 Å². The molecule has 0 aliphatic heterocycles. The minimum absolute atomic E-state index is 0.131. The number of amides is 1. The number of hydrogen-bond donors (Lipinski definition) is 1. The van der Waals surface area contributed by atoms with Crippen LogP contribution in [0.5, 0.6) is 0 Å². The molecule has 0 spiro atoms. The molecule has 1 N–H and O–H groups in total. The van der Waals surface area contributed by atoms with Crippen molar-refractivity contribution in [2.75, 3.05) is 6.54 Å². The highest BCUT2D eigenvalue weighted by Gasteiger charge is 2.17. The van der Waals surface area contributed by atoms with Gasteiger partial charge in [-0.2, -0.15) is 0 Å². The van der Waals surface area contributed by atoms with Crippen LogP contribution in [0.4, 0.5) is 0 Å². The van der Waals surface area contributed by atoms with Crippen LogP contribution >= 0.6 is 27.5 Å². The lowest BCUT2D eigenvalue weighted by Gasteiger charge is -2.05. The maximum atomic E-state index is 12.4. The van der Waals surface area contributed by atoms with Crippen molar-refractivity contribution in [3.8, 4) is 11.3 Å². The Morgan fingerprint density at radius 1 is 1.09 bits per heavy atom. The van der Waals surface area contributed by atoms with Crippen LogP contribution in [-0.4, -0.2) is 22.0 Å². The van der Waals surface area contributed by atoms with Crippen molar-refractivity contribution in [3.63, 3.8) is 0 Å². The van der Waals surface area contributed by atoms with Crippen LogP contribution in [0.25, 0.3) is 11.3 Å². The normalized spacial score (nSPS) is 10.5. The number of carbonyl (C=O) groups excluding carboxylic acids is 1. The van der Waals surface area contributed by atoms with Crippen molar-refractivity contribution < 1.29 is 4.79 Å². The number of halogens is 1. The standard InChI is InChI=1S/C17H14BrN3OS/c18-14-8-6-13(7-9-14)15-16(23-21-20-15)17(22)19-11-10-12-4-2-1-3-5-12/h1-9H,10-11H2,(H,19,22). The van der Waals surface area contributed by atoms with Gasteiger partial charge in [0.2, 0.25) is 0 Å². The SMILES string of the molecule is O=C(NCCc1ccccc1)c1snnc1-c1ccc(Br)cc1. The molecule has 0 fully saturated rings. The molecule has 3 aromatic rings. The van der Waals surface area contributed by atoms with E-state index in [0.29, 0.717) is 17.1 Å². The summed E-state index contributed by atoms with van der Waals surface area (Å²) in [5.74, 6) is -0.131. The molecule has 0 bridgehead atoms. The molecule has 1 heterocycles. The van der Waals surface area contributed by atoms with Gasteiger partial charge in [0.25, 0.3) is 5.91 Å². The number of carbonyl (C=O) groups is 1. The van der Waals surface area contributed by atoms with Crippen LogP contribution in [-0.2, 0) is 6.42 Å². The lowest BCUT2D eigenvalue weighted by atomic mass is 10.1. The molecule has 0 aliphatic rings. The molecule has 4 nitrogen and oxygen atoms in total. The van der Waals surface area contributed by atoms with E-state index in [2.05, 4.69) is 30.8 Å². The molecular formula is C17H14BrN3OS. The molecule has 0 atom stereocenters. The fourth-order valence-corrected chi connectivity index (χ4v) is 3.05. The third kappa shape index (κ3) is 4.03. The Balaban J connectivity index is 1.66. The van der Waals surface area contributed by atoms with Crippen LogP contribution in [0.15, 0.2) is 59.1 Å². The Kier molecular flexibility index (Phi) is 5.15. The molecule has 116 valence electrons. The summed E-state index contributed by atoms with van der Waals surface area (Å²) in [6.07, 6.45) is 0.798. The fraction of sp³-hybridized carbons (Fsp3) is 0.118. The third-order valence-corrected chi connectivity index (χ3v) is 4.61. The Hall–Kier alpha value is -2.05. The second-order valence-corrected chi connectivity index (χ2v) is 6.62. The summed E-state index contributed by atoms with van der Waals surface area (Å²) < 4.78 is 4.91. The van der Waals surface area contributed by atoms with Gasteiger partial charge in [-0.05, 0) is 35.6 Å². The topological polar surface area (TPSA) is 54.9 Å². The summed E-state index contributed by atoms with van der Waals surface area (Å²) in [6, 6.07) is 17.8. The third-order valence-electron chi connectivity index (χ3n) is 3.35. The van der Waals surface area contributed by atoms with Gasteiger partial charge in [0, 0.05) is 16.6 Å². The van der Waals surface area contributed by atoms with Crippen molar-refractivity contribution in [1.82, 2.24) is 14.9 Å². The summed E-state index contributed by atoms with van der Waals surface area (Å²) in [7, 11) is 0. The second-order valence-electron chi connectivity index (χ2n) is 4.95. The van der Waals surface area contributed by atoms with Gasteiger partial charge in [0.15, 0.2) is 0 Å². The average molecular weight is 388 g/mol. The average Bonchev–Trinajstić information content (AvgIpc) is 3.06. The quantitative estimate of drug-likeness (QED) is 0.721. The van der Waals surface area contributed by atoms with Crippen molar-refractivity contribution >= 4 is 33.4 Å². The minimum Gasteiger partial charge on any atom is -0.351 e. The van der Waals surface area contributed by atoms with Gasteiger partial charge in [-0.15, -0.1) is 5.10 Å². The first-order chi connectivity index (χ1) is 11.2. The number of aromatic nitrogens is 2. The summed E-state index contributed by atoms with van der Waals surface area (Å²) in [6.45, 7) is 0.584. The molecule has 2 aromatic carbocycles. The van der Waals surface area contributed by atoms with Gasteiger partial charge < -0.3 is 5.32 Å². The first-order valence-corrected chi connectivity index (χ1v) is 8.71. The molecule has 0 saturated carbocycles. The smallest absolute Gasteiger partial charge is 0.265 e. The van der Waals surface area contributed by atoms with Crippen LogP contribution in [0.1, 0.15) is 15.2 Å².